The van der Waals surface area contributed by atoms with Gasteiger partial charge >= 0.3 is 0 Å². The van der Waals surface area contributed by atoms with Crippen molar-refractivity contribution in [3.63, 3.8) is 0 Å². The third kappa shape index (κ3) is 4.85. The summed E-state index contributed by atoms with van der Waals surface area (Å²) in [5.74, 6) is 0. The highest BCUT2D eigenvalue weighted by molar-refractivity contribution is 6.25. The highest BCUT2D eigenvalue weighted by Gasteiger charge is 2.38. The van der Waals surface area contributed by atoms with E-state index in [-0.39, 0.29) is 10.8 Å². The summed E-state index contributed by atoms with van der Waals surface area (Å²) in [5, 5.41) is 7.61. The molecule has 0 amide bonds. The predicted octanol–water partition coefficient (Wildman–Crippen LogP) is 16.4. The van der Waals surface area contributed by atoms with Gasteiger partial charge < -0.3 is 0 Å². The lowest BCUT2D eigenvalue weighted by atomic mass is 9.79. The summed E-state index contributed by atoms with van der Waals surface area (Å²) in [7, 11) is 0. The van der Waals surface area contributed by atoms with Gasteiger partial charge in [-0.1, -0.05) is 210 Å². The molecule has 284 valence electrons. The third-order valence-corrected chi connectivity index (χ3v) is 14.1. The Kier molecular flexibility index (Phi) is 7.42. The lowest BCUT2D eigenvalue weighted by Gasteiger charge is -2.23. The molecule has 0 fully saturated rings. The van der Waals surface area contributed by atoms with Crippen LogP contribution in [0.4, 0.5) is 0 Å². The van der Waals surface area contributed by atoms with Gasteiger partial charge in [0, 0.05) is 10.8 Å². The van der Waals surface area contributed by atoms with E-state index < -0.39 is 0 Å². The predicted molar refractivity (Wildman–Crippen MR) is 256 cm³/mol. The smallest absolute Gasteiger partial charge is 0.0159 e. The fourth-order valence-corrected chi connectivity index (χ4v) is 11.2. The molecular formula is C60H44. The normalized spacial score (nSPS) is 14.3. The molecule has 60 heavy (non-hydrogen) atoms. The highest BCUT2D eigenvalue weighted by Crippen LogP contribution is 2.56. The quantitative estimate of drug-likeness (QED) is 0.157. The van der Waals surface area contributed by atoms with Crippen molar-refractivity contribution in [3.8, 4) is 66.8 Å². The Bertz CT molecular complexity index is 3410. The Balaban J connectivity index is 1.18. The summed E-state index contributed by atoms with van der Waals surface area (Å²) >= 11 is 0. The van der Waals surface area contributed by atoms with Crippen molar-refractivity contribution in [1.82, 2.24) is 0 Å². The van der Waals surface area contributed by atoms with Crippen LogP contribution in [-0.2, 0) is 10.8 Å². The van der Waals surface area contributed by atoms with Crippen LogP contribution >= 0.6 is 0 Å². The molecule has 10 aromatic carbocycles. The minimum absolute atomic E-state index is 0.0783. The molecule has 2 aliphatic carbocycles. The molecule has 0 heteroatoms. The van der Waals surface area contributed by atoms with Gasteiger partial charge in [0.15, 0.2) is 0 Å². The average molecular weight is 765 g/mol. The monoisotopic (exact) mass is 764 g/mol. The molecular weight excluding hydrogens is 721 g/mol. The maximum atomic E-state index is 2.50. The zero-order valence-corrected chi connectivity index (χ0v) is 34.5. The van der Waals surface area contributed by atoms with Gasteiger partial charge in [0.2, 0.25) is 0 Å². The average Bonchev–Trinajstić information content (AvgIpc) is 3.67. The third-order valence-electron chi connectivity index (χ3n) is 14.1. The number of fused-ring (bicyclic) bond motifs is 9. The summed E-state index contributed by atoms with van der Waals surface area (Å²) < 4.78 is 0. The Hall–Kier alpha value is -7.02. The zero-order chi connectivity index (χ0) is 40.3. The van der Waals surface area contributed by atoms with Crippen LogP contribution in [0.15, 0.2) is 194 Å². The van der Waals surface area contributed by atoms with Gasteiger partial charge in [0.05, 0.1) is 0 Å². The van der Waals surface area contributed by atoms with Crippen LogP contribution in [0.25, 0.3) is 99.1 Å². The molecule has 0 radical (unpaired) electrons. The number of benzene rings is 10. The van der Waals surface area contributed by atoms with Crippen LogP contribution < -0.4 is 0 Å². The molecule has 0 nitrogen and oxygen atoms in total. The van der Waals surface area contributed by atoms with E-state index in [2.05, 4.69) is 222 Å². The highest BCUT2D eigenvalue weighted by atomic mass is 14.4. The van der Waals surface area contributed by atoms with Crippen molar-refractivity contribution < 1.29 is 0 Å². The van der Waals surface area contributed by atoms with E-state index in [1.807, 2.05) is 0 Å². The Morgan fingerprint density at radius 1 is 0.233 bits per heavy atom. The second-order valence-corrected chi connectivity index (χ2v) is 18.0. The van der Waals surface area contributed by atoms with Crippen molar-refractivity contribution in [2.75, 3.05) is 0 Å². The van der Waals surface area contributed by atoms with Gasteiger partial charge in [-0.05, 0) is 133 Å². The van der Waals surface area contributed by atoms with E-state index in [9.17, 15) is 0 Å². The maximum Gasteiger partial charge on any atom is 0.0159 e. The molecule has 0 heterocycles. The molecule has 12 rings (SSSR count). The summed E-state index contributed by atoms with van der Waals surface area (Å²) in [5.41, 5.74) is 20.9. The number of hydrogen-bond acceptors (Lipinski definition) is 0. The molecule has 2 aliphatic rings. The Labute approximate surface area is 352 Å². The molecule has 0 aromatic heterocycles. The minimum Gasteiger partial charge on any atom is -0.0622 e. The fraction of sp³-hybridized carbons (Fsp3) is 0.100. The van der Waals surface area contributed by atoms with Gasteiger partial charge in [-0.2, -0.15) is 0 Å². The van der Waals surface area contributed by atoms with Crippen molar-refractivity contribution in [2.45, 2.75) is 38.5 Å². The molecule has 0 saturated carbocycles. The van der Waals surface area contributed by atoms with Crippen LogP contribution in [0.3, 0.4) is 0 Å². The molecule has 0 saturated heterocycles. The minimum atomic E-state index is -0.104. The van der Waals surface area contributed by atoms with E-state index in [4.69, 9.17) is 0 Å². The standard InChI is InChI=1S/C60H44/c1-59(2)53-27-15-13-24-49(53)58-50(25-16-28-54(58)59)57-46-23-11-10-22-45(46)56(47-34-33-40(37-17-6-5-7-18-37)41-19-8-9-20-42(41)47)48-32-30-38(35-51(48)57)39-29-31-44-43-21-12-14-26-52(43)60(3,4)55(44)36-39/h5-36H,1-4H3. The van der Waals surface area contributed by atoms with E-state index in [1.165, 1.54) is 121 Å². The first-order valence-corrected chi connectivity index (χ1v) is 21.4. The Morgan fingerprint density at radius 3 is 1.45 bits per heavy atom. The van der Waals surface area contributed by atoms with Crippen LogP contribution in [0.1, 0.15) is 49.9 Å². The van der Waals surface area contributed by atoms with E-state index in [1.54, 1.807) is 0 Å². The molecule has 0 atom stereocenters. The topological polar surface area (TPSA) is 0 Å². The SMILES string of the molecule is CC1(C)c2ccccc2-c2ccc(-c3ccc4c(-c5ccc(-c6ccccc6)c6ccccc56)c5ccccc5c(-c5cccc6c5-c5ccccc5C6(C)C)c4c3)cc21. The van der Waals surface area contributed by atoms with E-state index in [0.29, 0.717) is 0 Å². The van der Waals surface area contributed by atoms with Gasteiger partial charge in [-0.3, -0.25) is 0 Å². The maximum absolute atomic E-state index is 2.50. The second kappa shape index (κ2) is 12.7. The van der Waals surface area contributed by atoms with Crippen molar-refractivity contribution in [2.24, 2.45) is 0 Å². The van der Waals surface area contributed by atoms with Gasteiger partial charge in [-0.15, -0.1) is 0 Å². The van der Waals surface area contributed by atoms with Crippen LogP contribution in [0, 0.1) is 0 Å². The molecule has 0 N–H and O–H groups in total. The lowest BCUT2D eigenvalue weighted by molar-refractivity contribution is 0.660. The van der Waals surface area contributed by atoms with Crippen LogP contribution in [0.5, 0.6) is 0 Å². The first kappa shape index (κ1) is 35.0. The molecule has 0 bridgehead atoms. The van der Waals surface area contributed by atoms with Crippen molar-refractivity contribution in [1.29, 1.82) is 0 Å². The fourth-order valence-electron chi connectivity index (χ4n) is 11.2. The van der Waals surface area contributed by atoms with Crippen molar-refractivity contribution >= 4 is 32.3 Å². The largest absolute Gasteiger partial charge is 0.0622 e. The molecule has 0 aliphatic heterocycles. The molecule has 0 spiro atoms. The Morgan fingerprint density at radius 2 is 0.700 bits per heavy atom. The molecule has 0 unspecified atom stereocenters. The van der Waals surface area contributed by atoms with E-state index >= 15 is 0 Å². The van der Waals surface area contributed by atoms with Gasteiger partial charge in [-0.25, -0.2) is 0 Å². The summed E-state index contributed by atoms with van der Waals surface area (Å²) in [6.07, 6.45) is 0. The first-order valence-electron chi connectivity index (χ1n) is 21.4. The first-order chi connectivity index (χ1) is 29.3. The summed E-state index contributed by atoms with van der Waals surface area (Å²) in [4.78, 5) is 0. The molecule has 10 aromatic rings. The second-order valence-electron chi connectivity index (χ2n) is 18.0. The van der Waals surface area contributed by atoms with Crippen LogP contribution in [0.2, 0.25) is 0 Å². The number of hydrogen-bond donors (Lipinski definition) is 0. The summed E-state index contributed by atoms with van der Waals surface area (Å²) in [6.45, 7) is 9.52. The van der Waals surface area contributed by atoms with Gasteiger partial charge in [0.25, 0.3) is 0 Å². The van der Waals surface area contributed by atoms with Crippen LogP contribution in [-0.4, -0.2) is 0 Å². The summed E-state index contributed by atoms with van der Waals surface area (Å²) in [6, 6.07) is 73.1. The van der Waals surface area contributed by atoms with E-state index in [0.717, 1.165) is 0 Å². The zero-order valence-electron chi connectivity index (χ0n) is 34.5. The number of rotatable bonds is 4. The van der Waals surface area contributed by atoms with Crippen molar-refractivity contribution in [3.05, 3.63) is 216 Å². The van der Waals surface area contributed by atoms with Gasteiger partial charge in [0.1, 0.15) is 0 Å². The lowest BCUT2D eigenvalue weighted by Crippen LogP contribution is -2.14.